The molecule has 0 unspecified atom stereocenters. The van der Waals surface area contributed by atoms with E-state index in [0.29, 0.717) is 12.2 Å². The number of likely N-dealkylation sites (tertiary alicyclic amines) is 1. The van der Waals surface area contributed by atoms with Crippen molar-refractivity contribution in [1.29, 1.82) is 0 Å². The highest BCUT2D eigenvalue weighted by Crippen LogP contribution is 2.32. The Morgan fingerprint density at radius 1 is 0.968 bits per heavy atom. The van der Waals surface area contributed by atoms with Crippen LogP contribution in [0.3, 0.4) is 0 Å². The van der Waals surface area contributed by atoms with Crippen molar-refractivity contribution in [2.24, 2.45) is 0 Å². The summed E-state index contributed by atoms with van der Waals surface area (Å²) >= 11 is 0. The maximum absolute atomic E-state index is 12.5. The lowest BCUT2D eigenvalue weighted by Gasteiger charge is -2.35. The maximum Gasteiger partial charge on any atom is 0.313 e. The fourth-order valence-electron chi connectivity index (χ4n) is 4.58. The van der Waals surface area contributed by atoms with Gasteiger partial charge >= 0.3 is 11.8 Å². The van der Waals surface area contributed by atoms with Crippen molar-refractivity contribution in [3.8, 4) is 0 Å². The number of piperidine rings is 1. The molecular formula is C25H32N4O2. The highest BCUT2D eigenvalue weighted by molar-refractivity contribution is 6.39. The average Bonchev–Trinajstić information content (AvgIpc) is 3.16. The Labute approximate surface area is 184 Å². The van der Waals surface area contributed by atoms with Crippen molar-refractivity contribution >= 4 is 23.2 Å². The van der Waals surface area contributed by atoms with Crippen molar-refractivity contribution in [3.63, 3.8) is 0 Å². The fourth-order valence-corrected chi connectivity index (χ4v) is 4.58. The standard InChI is InChI=1S/C25H32N4O2/c1-18-6-9-21(10-7-18)27-25(31)24(30)26-17-23(29-13-4-3-5-14-29)19-8-11-22-20(16-19)12-15-28(22)2/h6-11,16,23H,3-5,12-15,17H2,1-2H3,(H,26,30)(H,27,31)/t23-/m1/s1. The summed E-state index contributed by atoms with van der Waals surface area (Å²) in [7, 11) is 2.13. The highest BCUT2D eigenvalue weighted by Gasteiger charge is 2.26. The molecular weight excluding hydrogens is 388 g/mol. The molecule has 2 aliphatic rings. The second-order valence-corrected chi connectivity index (χ2v) is 8.70. The van der Waals surface area contributed by atoms with E-state index in [-0.39, 0.29) is 6.04 Å². The van der Waals surface area contributed by atoms with Gasteiger partial charge in [-0.15, -0.1) is 0 Å². The number of aryl methyl sites for hydroxylation is 1. The van der Waals surface area contributed by atoms with E-state index < -0.39 is 11.8 Å². The van der Waals surface area contributed by atoms with Crippen molar-refractivity contribution < 1.29 is 9.59 Å². The molecule has 2 aliphatic heterocycles. The average molecular weight is 421 g/mol. The second-order valence-electron chi connectivity index (χ2n) is 8.70. The van der Waals surface area contributed by atoms with E-state index in [0.717, 1.165) is 31.6 Å². The summed E-state index contributed by atoms with van der Waals surface area (Å²) in [6, 6.07) is 14.2. The van der Waals surface area contributed by atoms with Crippen molar-refractivity contribution in [1.82, 2.24) is 10.2 Å². The van der Waals surface area contributed by atoms with Crippen molar-refractivity contribution in [3.05, 3.63) is 59.2 Å². The van der Waals surface area contributed by atoms with Gasteiger partial charge in [-0.05, 0) is 68.6 Å². The number of likely N-dealkylation sites (N-methyl/N-ethyl adjacent to an activating group) is 1. The van der Waals surface area contributed by atoms with Gasteiger partial charge in [0.25, 0.3) is 0 Å². The summed E-state index contributed by atoms with van der Waals surface area (Å²) in [6.45, 7) is 5.49. The normalized spacial score (nSPS) is 17.2. The van der Waals surface area contributed by atoms with Crippen LogP contribution in [0, 0.1) is 6.92 Å². The Hall–Kier alpha value is -2.86. The van der Waals surface area contributed by atoms with E-state index in [1.807, 2.05) is 19.1 Å². The first-order valence-corrected chi connectivity index (χ1v) is 11.2. The molecule has 2 amide bonds. The Balaban J connectivity index is 1.44. The van der Waals surface area contributed by atoms with Gasteiger partial charge in [-0.1, -0.05) is 36.2 Å². The minimum atomic E-state index is -0.628. The first kappa shape index (κ1) is 21.4. The summed E-state index contributed by atoms with van der Waals surface area (Å²) in [5, 5.41) is 5.56. The van der Waals surface area contributed by atoms with Crippen molar-refractivity contribution in [2.75, 3.05) is 43.4 Å². The maximum atomic E-state index is 12.5. The summed E-state index contributed by atoms with van der Waals surface area (Å²) < 4.78 is 0. The van der Waals surface area contributed by atoms with E-state index >= 15 is 0 Å². The van der Waals surface area contributed by atoms with Crippen LogP contribution < -0.4 is 15.5 Å². The fraction of sp³-hybridized carbons (Fsp3) is 0.440. The Morgan fingerprint density at radius 2 is 1.71 bits per heavy atom. The van der Waals surface area contributed by atoms with Crippen LogP contribution in [0.1, 0.15) is 42.0 Å². The predicted molar refractivity (Wildman–Crippen MR) is 124 cm³/mol. The topological polar surface area (TPSA) is 64.7 Å². The van der Waals surface area contributed by atoms with Crippen LogP contribution in [-0.2, 0) is 16.0 Å². The number of nitrogens with one attached hydrogen (secondary N) is 2. The molecule has 0 saturated carbocycles. The molecule has 2 N–H and O–H groups in total. The van der Waals surface area contributed by atoms with E-state index in [9.17, 15) is 9.59 Å². The largest absolute Gasteiger partial charge is 0.374 e. The lowest BCUT2D eigenvalue weighted by molar-refractivity contribution is -0.136. The molecule has 0 aliphatic carbocycles. The minimum absolute atomic E-state index is 0.0765. The monoisotopic (exact) mass is 420 g/mol. The number of carbonyl (C=O) groups excluding carboxylic acids is 2. The molecule has 31 heavy (non-hydrogen) atoms. The zero-order chi connectivity index (χ0) is 21.8. The minimum Gasteiger partial charge on any atom is -0.374 e. The smallest absolute Gasteiger partial charge is 0.313 e. The van der Waals surface area contributed by atoms with E-state index in [2.05, 4.69) is 45.7 Å². The van der Waals surface area contributed by atoms with Gasteiger partial charge in [-0.3, -0.25) is 14.5 Å². The van der Waals surface area contributed by atoms with Gasteiger partial charge in [0.1, 0.15) is 0 Å². The molecule has 0 aromatic heterocycles. The Kier molecular flexibility index (Phi) is 6.56. The Bertz CT molecular complexity index is 935. The highest BCUT2D eigenvalue weighted by atomic mass is 16.2. The molecule has 6 nitrogen and oxygen atoms in total. The molecule has 0 bridgehead atoms. The summed E-state index contributed by atoms with van der Waals surface area (Å²) in [4.78, 5) is 29.6. The Morgan fingerprint density at radius 3 is 2.45 bits per heavy atom. The van der Waals surface area contributed by atoms with Crippen LogP contribution in [0.4, 0.5) is 11.4 Å². The number of anilines is 2. The first-order chi connectivity index (χ1) is 15.0. The van der Waals surface area contributed by atoms with Crippen LogP contribution in [0.25, 0.3) is 0 Å². The van der Waals surface area contributed by atoms with Gasteiger partial charge in [0.15, 0.2) is 0 Å². The third-order valence-corrected chi connectivity index (χ3v) is 6.42. The first-order valence-electron chi connectivity index (χ1n) is 11.2. The number of rotatable bonds is 5. The van der Waals surface area contributed by atoms with E-state index in [1.54, 1.807) is 12.1 Å². The van der Waals surface area contributed by atoms with Crippen LogP contribution in [-0.4, -0.2) is 49.9 Å². The number of hydrogen-bond acceptors (Lipinski definition) is 4. The molecule has 164 valence electrons. The lowest BCUT2D eigenvalue weighted by Crippen LogP contribution is -2.43. The third kappa shape index (κ3) is 5.07. The van der Waals surface area contributed by atoms with Gasteiger partial charge in [-0.2, -0.15) is 0 Å². The van der Waals surface area contributed by atoms with Gasteiger partial charge < -0.3 is 15.5 Å². The van der Waals surface area contributed by atoms with Crippen LogP contribution in [0.5, 0.6) is 0 Å². The van der Waals surface area contributed by atoms with Crippen LogP contribution in [0.2, 0.25) is 0 Å². The number of benzene rings is 2. The predicted octanol–water partition coefficient (Wildman–Crippen LogP) is 3.27. The summed E-state index contributed by atoms with van der Waals surface area (Å²) in [5.41, 5.74) is 5.61. The number of fused-ring (bicyclic) bond motifs is 1. The molecule has 1 saturated heterocycles. The molecule has 1 atom stereocenters. The molecule has 2 aromatic rings. The second kappa shape index (κ2) is 9.52. The number of carbonyl (C=O) groups is 2. The zero-order valence-electron chi connectivity index (χ0n) is 18.5. The summed E-state index contributed by atoms with van der Waals surface area (Å²) in [5.74, 6) is -1.22. The molecule has 4 rings (SSSR count). The third-order valence-electron chi connectivity index (χ3n) is 6.42. The number of amides is 2. The number of hydrogen-bond donors (Lipinski definition) is 2. The number of nitrogens with zero attached hydrogens (tertiary/aromatic N) is 2. The van der Waals surface area contributed by atoms with Crippen LogP contribution in [0.15, 0.2) is 42.5 Å². The molecule has 2 aromatic carbocycles. The van der Waals surface area contributed by atoms with Gasteiger partial charge in [0.2, 0.25) is 0 Å². The molecule has 2 heterocycles. The summed E-state index contributed by atoms with van der Waals surface area (Å²) in [6.07, 6.45) is 4.65. The van der Waals surface area contributed by atoms with Gasteiger partial charge in [0.05, 0.1) is 6.04 Å². The quantitative estimate of drug-likeness (QED) is 0.729. The van der Waals surface area contributed by atoms with Gasteiger partial charge in [0, 0.05) is 31.5 Å². The van der Waals surface area contributed by atoms with Crippen LogP contribution >= 0.6 is 0 Å². The van der Waals surface area contributed by atoms with E-state index in [1.165, 1.54) is 36.1 Å². The molecule has 6 heteroatoms. The lowest BCUT2D eigenvalue weighted by atomic mass is 9.98. The molecule has 0 radical (unpaired) electrons. The molecule has 0 spiro atoms. The molecule has 1 fully saturated rings. The van der Waals surface area contributed by atoms with Crippen molar-refractivity contribution in [2.45, 2.75) is 38.6 Å². The van der Waals surface area contributed by atoms with E-state index in [4.69, 9.17) is 0 Å². The SMILES string of the molecule is Cc1ccc(NC(=O)C(=O)NC[C@H](c2ccc3c(c2)CCN3C)N2CCCCC2)cc1. The zero-order valence-corrected chi connectivity index (χ0v) is 18.5. The van der Waals surface area contributed by atoms with Gasteiger partial charge in [-0.25, -0.2) is 0 Å².